The van der Waals surface area contributed by atoms with E-state index in [0.29, 0.717) is 11.6 Å². The van der Waals surface area contributed by atoms with Gasteiger partial charge in [-0.05, 0) is 12.1 Å². The van der Waals surface area contributed by atoms with Crippen molar-refractivity contribution < 1.29 is 9.47 Å². The minimum absolute atomic E-state index is 0.0516. The molecule has 2 heterocycles. The van der Waals surface area contributed by atoms with Gasteiger partial charge in [-0.3, -0.25) is 5.10 Å². The molecule has 1 saturated heterocycles. The van der Waals surface area contributed by atoms with E-state index in [1.54, 1.807) is 11.8 Å². The first-order chi connectivity index (χ1) is 9.31. The molecule has 5 nitrogen and oxygen atoms in total. The Hall–Kier alpha value is -1.08. The molecule has 1 fully saturated rings. The van der Waals surface area contributed by atoms with Gasteiger partial charge in [-0.1, -0.05) is 35.5 Å². The van der Waals surface area contributed by atoms with E-state index in [0.717, 1.165) is 16.5 Å². The smallest absolute Gasteiger partial charge is 0.184 e. The van der Waals surface area contributed by atoms with E-state index >= 15 is 0 Å². The molecule has 0 amide bonds. The zero-order chi connectivity index (χ0) is 13.1. The topological polar surface area (TPSA) is 60.0 Å². The van der Waals surface area contributed by atoms with Crippen LogP contribution in [-0.2, 0) is 9.47 Å². The van der Waals surface area contributed by atoms with Crippen LogP contribution < -0.4 is 0 Å². The zero-order valence-electron chi connectivity index (χ0n) is 9.95. The molecule has 100 valence electrons. The van der Waals surface area contributed by atoms with Gasteiger partial charge in [-0.25, -0.2) is 4.98 Å². The summed E-state index contributed by atoms with van der Waals surface area (Å²) < 4.78 is 11.5. The monoisotopic (exact) mass is 297 g/mol. The molecule has 3 rings (SSSR count). The largest absolute Gasteiger partial charge is 0.346 e. The van der Waals surface area contributed by atoms with Gasteiger partial charge in [-0.15, -0.1) is 0 Å². The van der Waals surface area contributed by atoms with Crippen LogP contribution in [0.3, 0.4) is 0 Å². The number of hydrogen-bond donors (Lipinski definition) is 1. The van der Waals surface area contributed by atoms with Crippen LogP contribution in [0.15, 0.2) is 35.7 Å². The summed E-state index contributed by atoms with van der Waals surface area (Å²) in [6.45, 7) is 0.578. The molecule has 1 aliphatic heterocycles. The van der Waals surface area contributed by atoms with Crippen molar-refractivity contribution in [3.8, 4) is 0 Å². The van der Waals surface area contributed by atoms with E-state index in [4.69, 9.17) is 21.1 Å². The lowest BCUT2D eigenvalue weighted by Crippen LogP contribution is -2.13. The Morgan fingerprint density at radius 2 is 2.21 bits per heavy atom. The number of H-pyrrole nitrogens is 1. The molecule has 0 aliphatic carbocycles. The van der Waals surface area contributed by atoms with Gasteiger partial charge in [0.15, 0.2) is 11.4 Å². The second-order valence-corrected chi connectivity index (χ2v) is 5.52. The molecular weight excluding hydrogens is 286 g/mol. The second kappa shape index (κ2) is 5.92. The summed E-state index contributed by atoms with van der Waals surface area (Å²) in [5, 5.41) is 8.10. The Morgan fingerprint density at radius 3 is 2.95 bits per heavy atom. The molecule has 0 saturated carbocycles. The number of aromatic nitrogens is 3. The van der Waals surface area contributed by atoms with E-state index in [-0.39, 0.29) is 12.4 Å². The molecule has 7 heteroatoms. The molecular formula is C12H12ClN3O2S. The Morgan fingerprint density at radius 1 is 1.37 bits per heavy atom. The van der Waals surface area contributed by atoms with E-state index in [2.05, 4.69) is 15.2 Å². The van der Waals surface area contributed by atoms with Crippen molar-refractivity contribution in [2.75, 3.05) is 12.4 Å². The number of aromatic amines is 1. The van der Waals surface area contributed by atoms with Gasteiger partial charge >= 0.3 is 0 Å². The Balaban J connectivity index is 1.53. The third kappa shape index (κ3) is 3.27. The van der Waals surface area contributed by atoms with Crippen LogP contribution in [0.1, 0.15) is 11.9 Å². The minimum Gasteiger partial charge on any atom is -0.346 e. The van der Waals surface area contributed by atoms with Crippen LogP contribution in [0.25, 0.3) is 0 Å². The summed E-state index contributed by atoms with van der Waals surface area (Å²) in [5.41, 5.74) is 0.983. The lowest BCUT2D eigenvalue weighted by molar-refractivity contribution is -0.0565. The highest BCUT2D eigenvalue weighted by atomic mass is 35.5. The summed E-state index contributed by atoms with van der Waals surface area (Å²) in [5.74, 6) is 0.777. The lowest BCUT2D eigenvalue weighted by Gasteiger charge is -2.11. The highest BCUT2D eigenvalue weighted by Gasteiger charge is 2.27. The van der Waals surface area contributed by atoms with Gasteiger partial charge in [-0.2, -0.15) is 5.10 Å². The first kappa shape index (κ1) is 12.9. The molecule has 19 heavy (non-hydrogen) atoms. The maximum absolute atomic E-state index is 5.85. The van der Waals surface area contributed by atoms with Gasteiger partial charge in [0.2, 0.25) is 0 Å². The maximum atomic E-state index is 5.85. The van der Waals surface area contributed by atoms with E-state index in [1.807, 2.05) is 24.3 Å². The van der Waals surface area contributed by atoms with Gasteiger partial charge in [0, 0.05) is 16.3 Å². The number of nitrogens with zero attached hydrogens (tertiary/aromatic N) is 2. The maximum Gasteiger partial charge on any atom is 0.184 e. The number of ether oxygens (including phenoxy) is 2. The molecule has 1 aromatic heterocycles. The predicted octanol–water partition coefficient (Wildman–Crippen LogP) is 2.66. The van der Waals surface area contributed by atoms with Crippen molar-refractivity contribution in [3.05, 3.63) is 41.2 Å². The van der Waals surface area contributed by atoms with Gasteiger partial charge in [0.1, 0.15) is 6.33 Å². The Labute approximate surface area is 119 Å². The van der Waals surface area contributed by atoms with Crippen molar-refractivity contribution in [3.63, 3.8) is 0 Å². The Kier molecular flexibility index (Phi) is 4.03. The van der Waals surface area contributed by atoms with Crippen LogP contribution in [0.5, 0.6) is 0 Å². The summed E-state index contributed by atoms with van der Waals surface area (Å²) >= 11 is 7.42. The minimum atomic E-state index is -0.308. The SMILES string of the molecule is Clc1ccc([C@@H]2OC[C@H](CSc3ncn[nH]3)O2)cc1. The molecule has 1 aromatic carbocycles. The van der Waals surface area contributed by atoms with E-state index < -0.39 is 0 Å². The van der Waals surface area contributed by atoms with Crippen LogP contribution in [0.2, 0.25) is 5.02 Å². The Bertz CT molecular complexity index is 520. The third-order valence-corrected chi connectivity index (χ3v) is 3.95. The summed E-state index contributed by atoms with van der Waals surface area (Å²) in [6.07, 6.45) is 1.23. The fourth-order valence-electron chi connectivity index (χ4n) is 1.77. The van der Waals surface area contributed by atoms with Crippen LogP contribution in [-0.4, -0.2) is 33.6 Å². The summed E-state index contributed by atoms with van der Waals surface area (Å²) in [6, 6.07) is 7.50. The molecule has 2 aromatic rings. The van der Waals surface area contributed by atoms with Crippen molar-refractivity contribution >= 4 is 23.4 Å². The summed E-state index contributed by atoms with van der Waals surface area (Å²) in [7, 11) is 0. The molecule has 1 aliphatic rings. The average Bonchev–Trinajstić information content (AvgIpc) is 3.09. The molecule has 0 radical (unpaired) electrons. The lowest BCUT2D eigenvalue weighted by atomic mass is 10.2. The van der Waals surface area contributed by atoms with Crippen LogP contribution in [0.4, 0.5) is 0 Å². The van der Waals surface area contributed by atoms with Crippen molar-refractivity contribution in [2.24, 2.45) is 0 Å². The number of rotatable bonds is 4. The molecule has 2 atom stereocenters. The fraction of sp³-hybridized carbons (Fsp3) is 0.333. The van der Waals surface area contributed by atoms with Gasteiger partial charge < -0.3 is 9.47 Å². The standard InChI is InChI=1S/C12H12ClN3O2S/c13-9-3-1-8(2-4-9)11-17-5-10(18-11)6-19-12-14-7-15-16-12/h1-4,7,10-11H,5-6H2,(H,14,15,16)/t10-,11-/m1/s1. The van der Waals surface area contributed by atoms with Crippen molar-refractivity contribution in [1.82, 2.24) is 15.2 Å². The molecule has 1 N–H and O–H groups in total. The fourth-order valence-corrected chi connectivity index (χ4v) is 2.65. The third-order valence-electron chi connectivity index (χ3n) is 2.69. The quantitative estimate of drug-likeness (QED) is 0.879. The normalized spacial score (nSPS) is 22.8. The van der Waals surface area contributed by atoms with Crippen molar-refractivity contribution in [2.45, 2.75) is 17.6 Å². The molecule has 0 spiro atoms. The molecule has 0 bridgehead atoms. The predicted molar refractivity (Wildman–Crippen MR) is 72.1 cm³/mol. The number of benzene rings is 1. The number of hydrogen-bond acceptors (Lipinski definition) is 5. The van der Waals surface area contributed by atoms with E-state index in [9.17, 15) is 0 Å². The van der Waals surface area contributed by atoms with Gasteiger partial charge in [0.05, 0.1) is 12.7 Å². The number of thioether (sulfide) groups is 1. The first-order valence-corrected chi connectivity index (χ1v) is 7.18. The van der Waals surface area contributed by atoms with Crippen LogP contribution in [0, 0.1) is 0 Å². The zero-order valence-corrected chi connectivity index (χ0v) is 11.5. The van der Waals surface area contributed by atoms with Crippen LogP contribution >= 0.6 is 23.4 Å². The second-order valence-electron chi connectivity index (χ2n) is 4.08. The average molecular weight is 298 g/mol. The van der Waals surface area contributed by atoms with Gasteiger partial charge in [0.25, 0.3) is 0 Å². The van der Waals surface area contributed by atoms with Crippen molar-refractivity contribution in [1.29, 1.82) is 0 Å². The highest BCUT2D eigenvalue weighted by molar-refractivity contribution is 7.99. The highest BCUT2D eigenvalue weighted by Crippen LogP contribution is 2.29. The first-order valence-electron chi connectivity index (χ1n) is 5.82. The summed E-state index contributed by atoms with van der Waals surface area (Å²) in [4.78, 5) is 4.05. The van der Waals surface area contributed by atoms with E-state index in [1.165, 1.54) is 6.33 Å². The number of halogens is 1. The molecule has 0 unspecified atom stereocenters. The number of nitrogens with one attached hydrogen (secondary N) is 1.